The zero-order valence-electron chi connectivity index (χ0n) is 18.4. The Balaban J connectivity index is 1.83. The van der Waals surface area contributed by atoms with Gasteiger partial charge in [0.15, 0.2) is 23.0 Å². The number of aliphatic imine (C=N–C) groups is 1. The minimum atomic E-state index is -0.521. The van der Waals surface area contributed by atoms with E-state index in [9.17, 15) is 14.7 Å². The lowest BCUT2D eigenvalue weighted by Crippen LogP contribution is -2.32. The van der Waals surface area contributed by atoms with Gasteiger partial charge in [0, 0.05) is 17.2 Å². The summed E-state index contributed by atoms with van der Waals surface area (Å²) in [5, 5.41) is 13.5. The monoisotopic (exact) mass is 432 g/mol. The van der Waals surface area contributed by atoms with Crippen molar-refractivity contribution in [3.8, 4) is 11.5 Å². The summed E-state index contributed by atoms with van der Waals surface area (Å²) in [7, 11) is 3.09. The molecule has 2 heterocycles. The summed E-state index contributed by atoms with van der Waals surface area (Å²) in [5.41, 5.74) is 1.96. The lowest BCUT2D eigenvalue weighted by molar-refractivity contribution is -0.115. The normalized spacial score (nSPS) is 18.2. The highest BCUT2D eigenvalue weighted by Gasteiger charge is 2.37. The summed E-state index contributed by atoms with van der Waals surface area (Å²) in [5.74, 6) is -0.0896. The Morgan fingerprint density at radius 2 is 1.78 bits per heavy atom. The summed E-state index contributed by atoms with van der Waals surface area (Å²) in [6.07, 6.45) is 1.84. The highest BCUT2D eigenvalue weighted by Crippen LogP contribution is 2.38. The number of carbonyl (C=O) groups excluding carboxylic acids is 2. The lowest BCUT2D eigenvalue weighted by atomic mass is 9.84. The summed E-state index contributed by atoms with van der Waals surface area (Å²) in [6.45, 7) is 3.90. The molecule has 0 saturated heterocycles. The first-order chi connectivity index (χ1) is 15.2. The summed E-state index contributed by atoms with van der Waals surface area (Å²) in [4.78, 5) is 30.2. The number of benzene rings is 2. The fourth-order valence-corrected chi connectivity index (χ4v) is 3.97. The van der Waals surface area contributed by atoms with Gasteiger partial charge in [0.2, 0.25) is 0 Å². The smallest absolute Gasteiger partial charge is 0.261 e. The molecule has 0 unspecified atom stereocenters. The van der Waals surface area contributed by atoms with Crippen molar-refractivity contribution in [2.45, 2.75) is 25.8 Å². The quantitative estimate of drug-likeness (QED) is 0.556. The Labute approximate surface area is 186 Å². The van der Waals surface area contributed by atoms with Crippen LogP contribution in [0.1, 0.15) is 35.3 Å². The topological polar surface area (TPSA) is 97.2 Å². The second kappa shape index (κ2) is 8.00. The number of aliphatic hydroxyl groups is 1. The number of amides is 1. The number of hydrogen-bond donors (Lipinski definition) is 2. The Morgan fingerprint density at radius 1 is 1.12 bits per heavy atom. The predicted octanol–water partition coefficient (Wildman–Crippen LogP) is 3.54. The molecule has 0 radical (unpaired) electrons. The molecule has 164 valence electrons. The van der Waals surface area contributed by atoms with Gasteiger partial charge in [-0.3, -0.25) is 14.6 Å². The van der Waals surface area contributed by atoms with Gasteiger partial charge >= 0.3 is 0 Å². The maximum Gasteiger partial charge on any atom is 0.261 e. The molecule has 1 amide bonds. The first kappa shape index (κ1) is 21.4. The number of allylic oxidation sites excluding steroid dienone is 1. The van der Waals surface area contributed by atoms with Gasteiger partial charge in [-0.15, -0.1) is 0 Å². The van der Waals surface area contributed by atoms with Crippen LogP contribution >= 0.6 is 0 Å². The third kappa shape index (κ3) is 3.77. The van der Waals surface area contributed by atoms with E-state index in [1.807, 2.05) is 19.9 Å². The summed E-state index contributed by atoms with van der Waals surface area (Å²) >= 11 is 0. The van der Waals surface area contributed by atoms with Crippen molar-refractivity contribution in [1.82, 2.24) is 5.32 Å². The molecule has 2 N–H and O–H groups in total. The number of aliphatic hydroxyl groups excluding tert-OH is 1. The van der Waals surface area contributed by atoms with Gasteiger partial charge in [0.05, 0.1) is 31.2 Å². The number of carbonyl (C=O) groups is 2. The van der Waals surface area contributed by atoms with E-state index in [0.717, 1.165) is 5.56 Å². The van der Waals surface area contributed by atoms with Gasteiger partial charge in [-0.05, 0) is 38.0 Å². The maximum atomic E-state index is 12.9. The highest BCUT2D eigenvalue weighted by atomic mass is 16.5. The largest absolute Gasteiger partial charge is 0.505 e. The molecule has 7 nitrogen and oxygen atoms in total. The van der Waals surface area contributed by atoms with E-state index in [1.54, 1.807) is 43.5 Å². The second-order valence-corrected chi connectivity index (χ2v) is 8.28. The average Bonchev–Trinajstić information content (AvgIpc) is 3.04. The van der Waals surface area contributed by atoms with Gasteiger partial charge in [0.1, 0.15) is 5.57 Å². The van der Waals surface area contributed by atoms with E-state index < -0.39 is 11.4 Å². The van der Waals surface area contributed by atoms with Crippen molar-refractivity contribution in [3.63, 3.8) is 0 Å². The van der Waals surface area contributed by atoms with Gasteiger partial charge < -0.3 is 19.9 Å². The summed E-state index contributed by atoms with van der Waals surface area (Å²) < 4.78 is 10.9. The van der Waals surface area contributed by atoms with Crippen molar-refractivity contribution in [1.29, 1.82) is 0 Å². The van der Waals surface area contributed by atoms with E-state index in [2.05, 4.69) is 5.32 Å². The van der Waals surface area contributed by atoms with Crippen LogP contribution in [0.5, 0.6) is 11.5 Å². The van der Waals surface area contributed by atoms with Gasteiger partial charge in [0.25, 0.3) is 5.91 Å². The van der Waals surface area contributed by atoms with E-state index in [0.29, 0.717) is 34.8 Å². The van der Waals surface area contributed by atoms with Crippen LogP contribution < -0.4 is 14.8 Å². The number of methoxy groups -OCH3 is 2. The molecule has 2 aromatic carbocycles. The lowest BCUT2D eigenvalue weighted by Gasteiger charge is -2.30. The zero-order valence-corrected chi connectivity index (χ0v) is 18.4. The van der Waals surface area contributed by atoms with Gasteiger partial charge in [-0.2, -0.15) is 0 Å². The maximum absolute atomic E-state index is 12.9. The molecule has 4 rings (SSSR count). The van der Waals surface area contributed by atoms with E-state index in [4.69, 9.17) is 14.5 Å². The molecular weight excluding hydrogens is 408 g/mol. The molecule has 7 heteroatoms. The van der Waals surface area contributed by atoms with E-state index in [-0.39, 0.29) is 22.8 Å². The molecule has 0 saturated carbocycles. The van der Waals surface area contributed by atoms with Gasteiger partial charge in [-0.25, -0.2) is 0 Å². The van der Waals surface area contributed by atoms with Crippen LogP contribution in [0.2, 0.25) is 0 Å². The van der Waals surface area contributed by atoms with Gasteiger partial charge in [-0.1, -0.05) is 30.3 Å². The molecule has 0 fully saturated rings. The molecule has 0 spiro atoms. The SMILES string of the molecule is COc1cc2c(cc1OC)C(C1=C(O)C(=CC(=O)c3ccccc3)NC1=O)=NC(C)(C)C2. The number of fused-ring (bicyclic) bond motifs is 1. The molecule has 0 atom stereocenters. The van der Waals surface area contributed by atoms with E-state index in [1.165, 1.54) is 13.2 Å². The van der Waals surface area contributed by atoms with Crippen molar-refractivity contribution >= 4 is 17.4 Å². The average molecular weight is 432 g/mol. The molecule has 32 heavy (non-hydrogen) atoms. The van der Waals surface area contributed by atoms with Crippen molar-refractivity contribution in [3.05, 3.63) is 82.3 Å². The number of nitrogens with one attached hydrogen (secondary N) is 1. The molecule has 2 aromatic rings. The van der Waals surface area contributed by atoms with Crippen molar-refractivity contribution < 1.29 is 24.2 Å². The zero-order chi connectivity index (χ0) is 23.0. The van der Waals surface area contributed by atoms with Crippen LogP contribution in [0.4, 0.5) is 0 Å². The third-order valence-corrected chi connectivity index (χ3v) is 5.44. The Hall–Kier alpha value is -3.87. The predicted molar refractivity (Wildman–Crippen MR) is 121 cm³/mol. The Kier molecular flexibility index (Phi) is 5.34. The molecule has 2 aliphatic heterocycles. The molecule has 0 aromatic heterocycles. The minimum absolute atomic E-state index is 0.0263. The van der Waals surface area contributed by atoms with Crippen LogP contribution in [0, 0.1) is 0 Å². The Bertz CT molecular complexity index is 1210. The number of hydrogen-bond acceptors (Lipinski definition) is 6. The molecule has 0 aliphatic carbocycles. The van der Waals surface area contributed by atoms with Crippen LogP contribution in [-0.4, -0.2) is 42.3 Å². The van der Waals surface area contributed by atoms with Crippen LogP contribution in [-0.2, 0) is 11.2 Å². The highest BCUT2D eigenvalue weighted by molar-refractivity contribution is 6.31. The molecule has 2 aliphatic rings. The standard InChI is InChI=1S/C25H24N2O5/c1-25(2)13-15-10-19(31-3)20(32-4)11-16(15)22(27-25)21-23(29)17(26-24(21)30)12-18(28)14-8-6-5-7-9-14/h5-12,29H,13H2,1-4H3,(H,26,30). The van der Waals surface area contributed by atoms with Crippen molar-refractivity contribution in [2.75, 3.05) is 14.2 Å². The number of ketones is 1. The van der Waals surface area contributed by atoms with Crippen LogP contribution in [0.3, 0.4) is 0 Å². The minimum Gasteiger partial charge on any atom is -0.505 e. The fraction of sp³-hybridized carbons (Fsp3) is 0.240. The van der Waals surface area contributed by atoms with E-state index >= 15 is 0 Å². The van der Waals surface area contributed by atoms with Crippen LogP contribution in [0.15, 0.2) is 70.6 Å². The summed E-state index contributed by atoms with van der Waals surface area (Å²) in [6, 6.07) is 12.3. The number of nitrogens with zero attached hydrogens (tertiary/aromatic N) is 1. The third-order valence-electron chi connectivity index (χ3n) is 5.44. The fourth-order valence-electron chi connectivity index (χ4n) is 3.97. The molecule has 0 bridgehead atoms. The second-order valence-electron chi connectivity index (χ2n) is 8.28. The van der Waals surface area contributed by atoms with Crippen LogP contribution in [0.25, 0.3) is 0 Å². The molecular formula is C25H24N2O5. The Morgan fingerprint density at radius 3 is 2.44 bits per heavy atom. The first-order valence-electron chi connectivity index (χ1n) is 10.2. The number of rotatable bonds is 5. The van der Waals surface area contributed by atoms with Crippen molar-refractivity contribution in [2.24, 2.45) is 4.99 Å². The first-order valence-corrected chi connectivity index (χ1v) is 10.2. The number of ether oxygens (including phenoxy) is 2.